The Morgan fingerprint density at radius 1 is 1.23 bits per heavy atom. The molecule has 5 nitrogen and oxygen atoms in total. The number of nitrogens with one attached hydrogen (secondary N) is 2. The molecule has 0 bridgehead atoms. The second kappa shape index (κ2) is 8.04. The Morgan fingerprint density at radius 2 is 2.08 bits per heavy atom. The zero-order valence-electron chi connectivity index (χ0n) is 15.5. The number of aromatic amines is 1. The smallest absolute Gasteiger partial charge is 0.224 e. The first-order valence-corrected chi connectivity index (χ1v) is 9.03. The number of rotatable bonds is 7. The minimum absolute atomic E-state index is 0.0230. The third-order valence-electron chi connectivity index (χ3n) is 4.48. The van der Waals surface area contributed by atoms with Crippen LogP contribution in [0.1, 0.15) is 44.5 Å². The predicted molar refractivity (Wildman–Crippen MR) is 103 cm³/mol. The number of ether oxygens (including phenoxy) is 1. The first-order valence-electron chi connectivity index (χ1n) is 9.03. The molecule has 0 aliphatic heterocycles. The number of hydrogen-bond acceptors (Lipinski definition) is 3. The summed E-state index contributed by atoms with van der Waals surface area (Å²) in [6.45, 7) is 6.04. The van der Waals surface area contributed by atoms with Gasteiger partial charge in [-0.05, 0) is 55.5 Å². The van der Waals surface area contributed by atoms with E-state index in [1.165, 1.54) is 0 Å². The lowest BCUT2D eigenvalue weighted by Crippen LogP contribution is -2.28. The monoisotopic (exact) mass is 351 g/mol. The average Bonchev–Trinajstić information content (AvgIpc) is 3.09. The normalized spacial score (nSPS) is 13.3. The fourth-order valence-corrected chi connectivity index (χ4v) is 2.79. The van der Waals surface area contributed by atoms with Crippen LogP contribution in [-0.2, 0) is 11.2 Å². The zero-order chi connectivity index (χ0) is 18.5. The van der Waals surface area contributed by atoms with Gasteiger partial charge in [0.05, 0.1) is 30.5 Å². The van der Waals surface area contributed by atoms with E-state index in [0.717, 1.165) is 34.3 Å². The Morgan fingerprint density at radius 3 is 2.81 bits per heavy atom. The number of carbonyl (C=O) groups is 1. The SMILES string of the molecule is CC[C@H](C)Oc1ccc([C@@H](C)NC(=O)Cc2ccc3cc[nH]c3c2)nc1. The summed E-state index contributed by atoms with van der Waals surface area (Å²) >= 11 is 0. The third-order valence-corrected chi connectivity index (χ3v) is 4.48. The van der Waals surface area contributed by atoms with Gasteiger partial charge in [-0.3, -0.25) is 9.78 Å². The number of benzene rings is 1. The Balaban J connectivity index is 1.58. The topological polar surface area (TPSA) is 67.0 Å². The summed E-state index contributed by atoms with van der Waals surface area (Å²) in [6, 6.07) is 11.7. The number of aromatic nitrogens is 2. The lowest BCUT2D eigenvalue weighted by atomic mass is 10.1. The second-order valence-corrected chi connectivity index (χ2v) is 6.62. The molecule has 2 atom stereocenters. The van der Waals surface area contributed by atoms with Crippen LogP contribution in [0.4, 0.5) is 0 Å². The van der Waals surface area contributed by atoms with Gasteiger partial charge in [-0.2, -0.15) is 0 Å². The van der Waals surface area contributed by atoms with Crippen LogP contribution in [0.15, 0.2) is 48.8 Å². The molecule has 0 saturated heterocycles. The minimum atomic E-state index is -0.158. The van der Waals surface area contributed by atoms with Crippen molar-refractivity contribution in [2.45, 2.75) is 45.8 Å². The fourth-order valence-electron chi connectivity index (χ4n) is 2.79. The molecular formula is C21H25N3O2. The van der Waals surface area contributed by atoms with E-state index in [4.69, 9.17) is 4.74 Å². The quantitative estimate of drug-likeness (QED) is 0.672. The van der Waals surface area contributed by atoms with Crippen molar-refractivity contribution in [2.75, 3.05) is 0 Å². The molecule has 0 aliphatic carbocycles. The number of H-pyrrole nitrogens is 1. The molecule has 2 aromatic heterocycles. The Hall–Kier alpha value is -2.82. The number of nitrogens with zero attached hydrogens (tertiary/aromatic N) is 1. The molecule has 3 rings (SSSR count). The number of fused-ring (bicyclic) bond motifs is 1. The standard InChI is InChI=1S/C21H25N3O2/c1-4-14(2)26-18-7-8-19(23-13-18)15(3)24-21(25)12-16-5-6-17-9-10-22-20(17)11-16/h5-11,13-15,22H,4,12H2,1-3H3,(H,24,25)/t14-,15+/m0/s1. The van der Waals surface area contributed by atoms with E-state index < -0.39 is 0 Å². The van der Waals surface area contributed by atoms with Gasteiger partial charge in [0.15, 0.2) is 0 Å². The molecule has 2 heterocycles. The number of pyridine rings is 1. The van der Waals surface area contributed by atoms with E-state index >= 15 is 0 Å². The van der Waals surface area contributed by atoms with Gasteiger partial charge >= 0.3 is 0 Å². The molecule has 0 fully saturated rings. The largest absolute Gasteiger partial charge is 0.489 e. The van der Waals surface area contributed by atoms with E-state index in [9.17, 15) is 4.79 Å². The van der Waals surface area contributed by atoms with Crippen LogP contribution in [0.5, 0.6) is 5.75 Å². The van der Waals surface area contributed by atoms with Crippen molar-refractivity contribution >= 4 is 16.8 Å². The maximum absolute atomic E-state index is 12.3. The lowest BCUT2D eigenvalue weighted by Gasteiger charge is -2.15. The maximum atomic E-state index is 12.3. The molecule has 0 unspecified atom stereocenters. The molecule has 0 saturated carbocycles. The van der Waals surface area contributed by atoms with Crippen molar-refractivity contribution in [3.05, 3.63) is 60.0 Å². The van der Waals surface area contributed by atoms with Crippen LogP contribution in [-0.4, -0.2) is 22.0 Å². The summed E-state index contributed by atoms with van der Waals surface area (Å²) in [4.78, 5) is 19.9. The van der Waals surface area contributed by atoms with E-state index in [0.29, 0.717) is 6.42 Å². The number of carbonyl (C=O) groups excluding carboxylic acids is 1. The van der Waals surface area contributed by atoms with Crippen molar-refractivity contribution in [1.29, 1.82) is 0 Å². The molecule has 0 radical (unpaired) electrons. The summed E-state index contributed by atoms with van der Waals surface area (Å²) in [6.07, 6.45) is 5.06. The van der Waals surface area contributed by atoms with Crippen molar-refractivity contribution in [3.8, 4) is 5.75 Å². The Labute approximate surface area is 153 Å². The highest BCUT2D eigenvalue weighted by molar-refractivity contribution is 5.83. The maximum Gasteiger partial charge on any atom is 0.224 e. The second-order valence-electron chi connectivity index (χ2n) is 6.62. The molecule has 5 heteroatoms. The number of hydrogen-bond donors (Lipinski definition) is 2. The van der Waals surface area contributed by atoms with Crippen molar-refractivity contribution in [1.82, 2.24) is 15.3 Å². The van der Waals surface area contributed by atoms with Crippen LogP contribution in [0.2, 0.25) is 0 Å². The first kappa shape index (κ1) is 18.0. The van der Waals surface area contributed by atoms with Gasteiger partial charge in [0, 0.05) is 11.7 Å². The zero-order valence-corrected chi connectivity index (χ0v) is 15.5. The van der Waals surface area contributed by atoms with Crippen molar-refractivity contribution in [2.24, 2.45) is 0 Å². The molecule has 136 valence electrons. The molecule has 1 aromatic carbocycles. The molecule has 2 N–H and O–H groups in total. The van der Waals surface area contributed by atoms with Crippen LogP contribution in [0.25, 0.3) is 10.9 Å². The summed E-state index contributed by atoms with van der Waals surface area (Å²) in [5.74, 6) is 0.728. The van der Waals surface area contributed by atoms with E-state index in [1.807, 2.05) is 56.4 Å². The predicted octanol–water partition coefficient (Wildman–Crippen LogP) is 4.16. The van der Waals surface area contributed by atoms with Gasteiger partial charge in [-0.1, -0.05) is 19.1 Å². The Kier molecular flexibility index (Phi) is 5.56. The molecule has 3 aromatic rings. The highest BCUT2D eigenvalue weighted by atomic mass is 16.5. The van der Waals surface area contributed by atoms with Gasteiger partial charge in [0.2, 0.25) is 5.91 Å². The van der Waals surface area contributed by atoms with Gasteiger partial charge < -0.3 is 15.0 Å². The van der Waals surface area contributed by atoms with E-state index in [-0.39, 0.29) is 18.1 Å². The van der Waals surface area contributed by atoms with Crippen LogP contribution in [0, 0.1) is 0 Å². The Bertz CT molecular complexity index is 870. The van der Waals surface area contributed by atoms with Crippen molar-refractivity contribution < 1.29 is 9.53 Å². The highest BCUT2D eigenvalue weighted by Gasteiger charge is 2.12. The molecule has 1 amide bonds. The molecule has 0 spiro atoms. The molecule has 0 aliphatic rings. The fraction of sp³-hybridized carbons (Fsp3) is 0.333. The summed E-state index contributed by atoms with van der Waals surface area (Å²) in [5.41, 5.74) is 2.84. The summed E-state index contributed by atoms with van der Waals surface area (Å²) < 4.78 is 5.73. The summed E-state index contributed by atoms with van der Waals surface area (Å²) in [7, 11) is 0. The van der Waals surface area contributed by atoms with Crippen LogP contribution >= 0.6 is 0 Å². The van der Waals surface area contributed by atoms with Gasteiger partial charge in [-0.15, -0.1) is 0 Å². The lowest BCUT2D eigenvalue weighted by molar-refractivity contribution is -0.121. The van der Waals surface area contributed by atoms with Gasteiger partial charge in [0.1, 0.15) is 5.75 Å². The minimum Gasteiger partial charge on any atom is -0.489 e. The van der Waals surface area contributed by atoms with Crippen LogP contribution in [0.3, 0.4) is 0 Å². The molecule has 26 heavy (non-hydrogen) atoms. The van der Waals surface area contributed by atoms with Crippen LogP contribution < -0.4 is 10.1 Å². The first-order chi connectivity index (χ1) is 12.5. The van der Waals surface area contributed by atoms with E-state index in [1.54, 1.807) is 6.20 Å². The van der Waals surface area contributed by atoms with Gasteiger partial charge in [-0.25, -0.2) is 0 Å². The summed E-state index contributed by atoms with van der Waals surface area (Å²) in [5, 5.41) is 4.15. The van der Waals surface area contributed by atoms with Crippen molar-refractivity contribution in [3.63, 3.8) is 0 Å². The van der Waals surface area contributed by atoms with Gasteiger partial charge in [0.25, 0.3) is 0 Å². The highest BCUT2D eigenvalue weighted by Crippen LogP contribution is 2.17. The van der Waals surface area contributed by atoms with E-state index in [2.05, 4.69) is 22.2 Å². The average molecular weight is 351 g/mol. The molecular weight excluding hydrogens is 326 g/mol. The number of amides is 1. The third kappa shape index (κ3) is 4.42.